The molecule has 0 spiro atoms. The van der Waals surface area contributed by atoms with Gasteiger partial charge in [0.1, 0.15) is 0 Å². The molecule has 0 aliphatic carbocycles. The molecule has 0 unspecified atom stereocenters. The molecular formula is C10H9IN4. The third-order valence-electron chi connectivity index (χ3n) is 1.95. The standard InChI is InChI=1S/C10H9IN4/c11-8-3-1-7(2-4-8)9-5-6-10(13-12)15-14-9/h1-6H,12H2,(H,13,15). The SMILES string of the molecule is NNc1ccc(-c2ccc(I)cc2)nn1. The maximum absolute atomic E-state index is 5.20. The Labute approximate surface area is 101 Å². The van der Waals surface area contributed by atoms with Crippen molar-refractivity contribution in [3.05, 3.63) is 40.0 Å². The normalized spacial score (nSPS) is 10.0. The van der Waals surface area contributed by atoms with Crippen molar-refractivity contribution in [1.82, 2.24) is 10.2 Å². The van der Waals surface area contributed by atoms with Crippen LogP contribution < -0.4 is 11.3 Å². The molecule has 1 aromatic heterocycles. The number of nitrogen functional groups attached to an aromatic ring is 1. The first-order chi connectivity index (χ1) is 7.29. The van der Waals surface area contributed by atoms with E-state index < -0.39 is 0 Å². The summed E-state index contributed by atoms with van der Waals surface area (Å²) in [5, 5.41) is 7.96. The van der Waals surface area contributed by atoms with Crippen LogP contribution in [0.3, 0.4) is 0 Å². The van der Waals surface area contributed by atoms with E-state index in [0.29, 0.717) is 5.82 Å². The Morgan fingerprint density at radius 1 is 1.00 bits per heavy atom. The lowest BCUT2D eigenvalue weighted by atomic mass is 10.1. The summed E-state index contributed by atoms with van der Waals surface area (Å²) in [6, 6.07) is 11.8. The van der Waals surface area contributed by atoms with Gasteiger partial charge in [-0.2, -0.15) is 0 Å². The van der Waals surface area contributed by atoms with Gasteiger partial charge < -0.3 is 5.43 Å². The number of hydrogen-bond acceptors (Lipinski definition) is 4. The van der Waals surface area contributed by atoms with E-state index in [-0.39, 0.29) is 0 Å². The molecular weight excluding hydrogens is 303 g/mol. The van der Waals surface area contributed by atoms with E-state index in [0.717, 1.165) is 11.3 Å². The molecule has 4 nitrogen and oxygen atoms in total. The summed E-state index contributed by atoms with van der Waals surface area (Å²) in [6.45, 7) is 0. The monoisotopic (exact) mass is 312 g/mol. The second kappa shape index (κ2) is 4.54. The van der Waals surface area contributed by atoms with Gasteiger partial charge in [0.05, 0.1) is 5.69 Å². The molecule has 2 rings (SSSR count). The van der Waals surface area contributed by atoms with E-state index >= 15 is 0 Å². The number of nitrogens with two attached hydrogens (primary N) is 1. The van der Waals surface area contributed by atoms with E-state index in [4.69, 9.17) is 5.84 Å². The third kappa shape index (κ3) is 2.42. The van der Waals surface area contributed by atoms with Crippen molar-refractivity contribution in [2.45, 2.75) is 0 Å². The lowest BCUT2D eigenvalue weighted by molar-refractivity contribution is 1.03. The van der Waals surface area contributed by atoms with Gasteiger partial charge in [-0.25, -0.2) is 5.84 Å². The minimum atomic E-state index is 0.560. The van der Waals surface area contributed by atoms with Crippen molar-refractivity contribution in [2.75, 3.05) is 5.43 Å². The quantitative estimate of drug-likeness (QED) is 0.506. The first kappa shape index (κ1) is 10.3. The highest BCUT2D eigenvalue weighted by Gasteiger charge is 1.99. The molecule has 1 aromatic carbocycles. The lowest BCUT2D eigenvalue weighted by Crippen LogP contribution is -2.08. The number of benzene rings is 1. The molecule has 0 atom stereocenters. The highest BCUT2D eigenvalue weighted by molar-refractivity contribution is 14.1. The Morgan fingerprint density at radius 2 is 1.73 bits per heavy atom. The second-order valence-corrected chi connectivity index (χ2v) is 4.20. The molecule has 5 heteroatoms. The summed E-state index contributed by atoms with van der Waals surface area (Å²) >= 11 is 2.26. The highest BCUT2D eigenvalue weighted by atomic mass is 127. The predicted molar refractivity (Wildman–Crippen MR) is 68.0 cm³/mol. The third-order valence-corrected chi connectivity index (χ3v) is 2.67. The van der Waals surface area contributed by atoms with Gasteiger partial charge in [-0.05, 0) is 46.9 Å². The van der Waals surface area contributed by atoms with Crippen LogP contribution in [0.5, 0.6) is 0 Å². The lowest BCUT2D eigenvalue weighted by Gasteiger charge is -2.01. The molecule has 76 valence electrons. The molecule has 0 bridgehead atoms. The Balaban J connectivity index is 2.33. The van der Waals surface area contributed by atoms with Crippen LogP contribution in [0.2, 0.25) is 0 Å². The Morgan fingerprint density at radius 3 is 2.27 bits per heavy atom. The van der Waals surface area contributed by atoms with E-state index in [1.54, 1.807) is 6.07 Å². The highest BCUT2D eigenvalue weighted by Crippen LogP contribution is 2.18. The van der Waals surface area contributed by atoms with Crippen LogP contribution in [-0.2, 0) is 0 Å². The molecule has 2 aromatic rings. The number of nitrogens with zero attached hydrogens (tertiary/aromatic N) is 2. The smallest absolute Gasteiger partial charge is 0.162 e. The number of nitrogens with one attached hydrogen (secondary N) is 1. The topological polar surface area (TPSA) is 63.8 Å². The van der Waals surface area contributed by atoms with Crippen molar-refractivity contribution >= 4 is 28.4 Å². The van der Waals surface area contributed by atoms with Gasteiger partial charge in [0, 0.05) is 9.13 Å². The first-order valence-electron chi connectivity index (χ1n) is 4.36. The molecule has 0 radical (unpaired) electrons. The van der Waals surface area contributed by atoms with Gasteiger partial charge in [0.2, 0.25) is 0 Å². The van der Waals surface area contributed by atoms with Crippen molar-refractivity contribution < 1.29 is 0 Å². The molecule has 0 aliphatic rings. The van der Waals surface area contributed by atoms with Gasteiger partial charge in [-0.1, -0.05) is 12.1 Å². The van der Waals surface area contributed by atoms with Crippen LogP contribution in [0.15, 0.2) is 36.4 Å². The van der Waals surface area contributed by atoms with Crippen LogP contribution in [0.4, 0.5) is 5.82 Å². The maximum atomic E-state index is 5.20. The van der Waals surface area contributed by atoms with E-state index in [1.807, 2.05) is 30.3 Å². The number of hydrazine groups is 1. The summed E-state index contributed by atoms with van der Waals surface area (Å²) in [6.07, 6.45) is 0. The molecule has 0 saturated carbocycles. The Bertz CT molecular complexity index is 438. The van der Waals surface area contributed by atoms with Crippen LogP contribution in [0.25, 0.3) is 11.3 Å². The molecule has 0 amide bonds. The zero-order valence-corrected chi connectivity index (χ0v) is 9.97. The molecule has 0 fully saturated rings. The van der Waals surface area contributed by atoms with Crippen LogP contribution in [0, 0.1) is 3.57 Å². The number of hydrogen-bond donors (Lipinski definition) is 2. The summed E-state index contributed by atoms with van der Waals surface area (Å²) in [7, 11) is 0. The fourth-order valence-corrected chi connectivity index (χ4v) is 1.54. The summed E-state index contributed by atoms with van der Waals surface area (Å²) in [4.78, 5) is 0. The van der Waals surface area contributed by atoms with Gasteiger partial charge in [-0.15, -0.1) is 10.2 Å². The van der Waals surface area contributed by atoms with E-state index in [2.05, 4.69) is 38.2 Å². The van der Waals surface area contributed by atoms with Gasteiger partial charge in [0.25, 0.3) is 0 Å². The molecule has 1 heterocycles. The molecule has 3 N–H and O–H groups in total. The maximum Gasteiger partial charge on any atom is 0.162 e. The minimum absolute atomic E-state index is 0.560. The number of halogens is 1. The van der Waals surface area contributed by atoms with Crippen LogP contribution >= 0.6 is 22.6 Å². The largest absolute Gasteiger partial charge is 0.307 e. The number of aromatic nitrogens is 2. The van der Waals surface area contributed by atoms with Crippen molar-refractivity contribution in [3.8, 4) is 11.3 Å². The fourth-order valence-electron chi connectivity index (χ4n) is 1.18. The Hall–Kier alpha value is -1.21. The summed E-state index contributed by atoms with van der Waals surface area (Å²) in [5.41, 5.74) is 4.33. The average molecular weight is 312 g/mol. The molecule has 15 heavy (non-hydrogen) atoms. The van der Waals surface area contributed by atoms with E-state index in [9.17, 15) is 0 Å². The predicted octanol–water partition coefficient (Wildman–Crippen LogP) is 2.03. The Kier molecular flexibility index (Phi) is 3.12. The van der Waals surface area contributed by atoms with Gasteiger partial charge in [-0.3, -0.25) is 0 Å². The zero-order chi connectivity index (χ0) is 10.7. The van der Waals surface area contributed by atoms with Crippen molar-refractivity contribution in [2.24, 2.45) is 5.84 Å². The van der Waals surface area contributed by atoms with Crippen LogP contribution in [-0.4, -0.2) is 10.2 Å². The van der Waals surface area contributed by atoms with Crippen molar-refractivity contribution in [3.63, 3.8) is 0 Å². The van der Waals surface area contributed by atoms with Gasteiger partial charge in [0.15, 0.2) is 5.82 Å². The zero-order valence-electron chi connectivity index (χ0n) is 7.81. The minimum Gasteiger partial charge on any atom is -0.307 e. The van der Waals surface area contributed by atoms with Crippen LogP contribution in [0.1, 0.15) is 0 Å². The first-order valence-corrected chi connectivity index (χ1v) is 5.44. The average Bonchev–Trinajstić information content (AvgIpc) is 2.30. The number of anilines is 1. The molecule has 0 aliphatic heterocycles. The summed E-state index contributed by atoms with van der Waals surface area (Å²) < 4.78 is 1.20. The second-order valence-electron chi connectivity index (χ2n) is 2.96. The van der Waals surface area contributed by atoms with Gasteiger partial charge >= 0.3 is 0 Å². The fraction of sp³-hybridized carbons (Fsp3) is 0. The molecule has 0 saturated heterocycles. The van der Waals surface area contributed by atoms with Crippen molar-refractivity contribution in [1.29, 1.82) is 0 Å². The summed E-state index contributed by atoms with van der Waals surface area (Å²) in [5.74, 6) is 5.76. The van der Waals surface area contributed by atoms with E-state index in [1.165, 1.54) is 3.57 Å². The number of rotatable bonds is 2.